The van der Waals surface area contributed by atoms with Gasteiger partial charge in [0.1, 0.15) is 23.2 Å². The Morgan fingerprint density at radius 2 is 1.85 bits per heavy atom. The quantitative estimate of drug-likeness (QED) is 0.881. The first-order valence-electron chi connectivity index (χ1n) is 8.67. The maximum absolute atomic E-state index is 15.4. The fraction of sp³-hybridized carbons (Fsp3) is 0.444. The molecule has 4 rings (SSSR count). The van der Waals surface area contributed by atoms with Crippen LogP contribution in [-0.2, 0) is 0 Å². The molecule has 0 amide bonds. The SMILES string of the molecule is CN1CCN(c2c(F)cc3c(=O)c(C(=O)O)cn([C@@H]4C[C@@H]4F)c3c2F)CC1. The van der Waals surface area contributed by atoms with E-state index >= 15 is 4.39 Å². The van der Waals surface area contributed by atoms with Gasteiger partial charge >= 0.3 is 5.97 Å². The van der Waals surface area contributed by atoms with Gasteiger partial charge in [0.15, 0.2) is 5.82 Å². The van der Waals surface area contributed by atoms with Crippen LogP contribution in [0.15, 0.2) is 17.1 Å². The summed E-state index contributed by atoms with van der Waals surface area (Å²) in [5.74, 6) is -3.40. The Morgan fingerprint density at radius 1 is 1.22 bits per heavy atom. The largest absolute Gasteiger partial charge is 0.477 e. The van der Waals surface area contributed by atoms with Gasteiger partial charge in [0.2, 0.25) is 5.43 Å². The number of carbonyl (C=O) groups is 1. The Morgan fingerprint density at radius 3 is 2.41 bits per heavy atom. The number of alkyl halides is 1. The first-order valence-corrected chi connectivity index (χ1v) is 8.67. The first kappa shape index (κ1) is 17.8. The van der Waals surface area contributed by atoms with E-state index < -0.39 is 40.8 Å². The summed E-state index contributed by atoms with van der Waals surface area (Å²) < 4.78 is 44.9. The van der Waals surface area contributed by atoms with Gasteiger partial charge in [-0.25, -0.2) is 18.0 Å². The second-order valence-electron chi connectivity index (χ2n) is 7.11. The molecule has 1 aromatic heterocycles. The number of aromatic nitrogens is 1. The third-order valence-corrected chi connectivity index (χ3v) is 5.27. The molecule has 1 aromatic carbocycles. The lowest BCUT2D eigenvalue weighted by Gasteiger charge is -2.34. The normalized spacial score (nSPS) is 23.0. The predicted molar refractivity (Wildman–Crippen MR) is 93.3 cm³/mol. The van der Waals surface area contributed by atoms with Gasteiger partial charge in [0.25, 0.3) is 0 Å². The van der Waals surface area contributed by atoms with E-state index in [1.807, 2.05) is 11.9 Å². The van der Waals surface area contributed by atoms with E-state index in [4.69, 9.17) is 0 Å². The van der Waals surface area contributed by atoms with E-state index in [1.54, 1.807) is 4.90 Å². The zero-order chi connectivity index (χ0) is 19.5. The molecule has 1 saturated carbocycles. The molecular formula is C18H18F3N3O3. The van der Waals surface area contributed by atoms with Crippen molar-refractivity contribution in [3.05, 3.63) is 39.7 Å². The van der Waals surface area contributed by atoms with Gasteiger partial charge in [-0.05, 0) is 13.1 Å². The summed E-state index contributed by atoms with van der Waals surface area (Å²) >= 11 is 0. The minimum Gasteiger partial charge on any atom is -0.477 e. The van der Waals surface area contributed by atoms with Crippen LogP contribution in [-0.4, -0.2) is 59.9 Å². The summed E-state index contributed by atoms with van der Waals surface area (Å²) in [5.41, 5.74) is -2.12. The second kappa shape index (κ2) is 6.26. The molecule has 0 unspecified atom stereocenters. The molecule has 144 valence electrons. The van der Waals surface area contributed by atoms with E-state index in [0.717, 1.165) is 16.8 Å². The van der Waals surface area contributed by atoms with Crippen molar-refractivity contribution in [1.29, 1.82) is 0 Å². The fourth-order valence-electron chi connectivity index (χ4n) is 3.61. The average molecular weight is 381 g/mol. The van der Waals surface area contributed by atoms with E-state index in [1.165, 1.54) is 0 Å². The summed E-state index contributed by atoms with van der Waals surface area (Å²) in [4.78, 5) is 27.4. The van der Waals surface area contributed by atoms with Gasteiger partial charge in [0, 0.05) is 38.8 Å². The molecule has 2 fully saturated rings. The molecule has 1 aliphatic carbocycles. The number of fused-ring (bicyclic) bond motifs is 1. The number of pyridine rings is 1. The number of rotatable bonds is 3. The monoisotopic (exact) mass is 381 g/mol. The van der Waals surface area contributed by atoms with Crippen LogP contribution >= 0.6 is 0 Å². The van der Waals surface area contributed by atoms with Gasteiger partial charge in [-0.15, -0.1) is 0 Å². The number of carboxylic acids is 1. The summed E-state index contributed by atoms with van der Waals surface area (Å²) in [7, 11) is 1.91. The van der Waals surface area contributed by atoms with Gasteiger partial charge in [-0.2, -0.15) is 0 Å². The number of benzene rings is 1. The van der Waals surface area contributed by atoms with Crippen LogP contribution in [0.25, 0.3) is 10.9 Å². The summed E-state index contributed by atoms with van der Waals surface area (Å²) in [6.07, 6.45) is -0.196. The van der Waals surface area contributed by atoms with Crippen LogP contribution in [0.1, 0.15) is 22.8 Å². The number of nitrogens with zero attached hydrogens (tertiary/aromatic N) is 3. The topological polar surface area (TPSA) is 65.8 Å². The van der Waals surface area contributed by atoms with Crippen molar-refractivity contribution in [2.45, 2.75) is 18.6 Å². The molecule has 0 spiro atoms. The molecule has 1 saturated heterocycles. The lowest BCUT2D eigenvalue weighted by Crippen LogP contribution is -2.45. The van der Waals surface area contributed by atoms with Crippen LogP contribution in [0, 0.1) is 11.6 Å². The molecule has 9 heteroatoms. The number of hydrogen-bond acceptors (Lipinski definition) is 4. The fourth-order valence-corrected chi connectivity index (χ4v) is 3.61. The van der Waals surface area contributed by atoms with Crippen molar-refractivity contribution in [2.24, 2.45) is 0 Å². The zero-order valence-corrected chi connectivity index (χ0v) is 14.6. The Hall–Kier alpha value is -2.55. The van der Waals surface area contributed by atoms with E-state index in [0.29, 0.717) is 26.2 Å². The third-order valence-electron chi connectivity index (χ3n) is 5.27. The lowest BCUT2D eigenvalue weighted by atomic mass is 10.1. The molecule has 2 heterocycles. The van der Waals surface area contributed by atoms with Crippen molar-refractivity contribution in [3.8, 4) is 0 Å². The number of halogens is 3. The Balaban J connectivity index is 1.97. The van der Waals surface area contributed by atoms with Gasteiger partial charge in [-0.1, -0.05) is 0 Å². The van der Waals surface area contributed by atoms with E-state index in [9.17, 15) is 23.5 Å². The summed E-state index contributed by atoms with van der Waals surface area (Å²) in [6, 6.07) is 0.110. The molecule has 0 bridgehead atoms. The zero-order valence-electron chi connectivity index (χ0n) is 14.6. The number of anilines is 1. The highest BCUT2D eigenvalue weighted by molar-refractivity contribution is 5.94. The summed E-state index contributed by atoms with van der Waals surface area (Å²) in [6.45, 7) is 2.05. The van der Waals surface area contributed by atoms with Gasteiger partial charge in [-0.3, -0.25) is 4.79 Å². The molecular weight excluding hydrogens is 363 g/mol. The van der Waals surface area contributed by atoms with Gasteiger partial charge < -0.3 is 19.5 Å². The predicted octanol–water partition coefficient (Wildman–Crippen LogP) is 2.01. The number of carboxylic acid groups (broad SMARTS) is 1. The minimum atomic E-state index is -1.52. The highest BCUT2D eigenvalue weighted by Crippen LogP contribution is 2.42. The number of likely N-dealkylation sites (N-methyl/N-ethyl adjacent to an activating group) is 1. The van der Waals surface area contributed by atoms with Crippen molar-refractivity contribution in [1.82, 2.24) is 9.47 Å². The number of piperazine rings is 1. The second-order valence-corrected chi connectivity index (χ2v) is 7.11. The smallest absolute Gasteiger partial charge is 0.341 e. The van der Waals surface area contributed by atoms with Crippen molar-refractivity contribution in [3.63, 3.8) is 0 Å². The highest BCUT2D eigenvalue weighted by Gasteiger charge is 2.41. The number of aromatic carboxylic acids is 1. The van der Waals surface area contributed by atoms with Crippen LogP contribution < -0.4 is 10.3 Å². The highest BCUT2D eigenvalue weighted by atomic mass is 19.1. The van der Waals surface area contributed by atoms with Crippen LogP contribution in [0.2, 0.25) is 0 Å². The Bertz CT molecular complexity index is 999. The van der Waals surface area contributed by atoms with Crippen LogP contribution in [0.5, 0.6) is 0 Å². The van der Waals surface area contributed by atoms with E-state index in [2.05, 4.69) is 0 Å². The molecule has 2 aromatic rings. The molecule has 0 radical (unpaired) electrons. The maximum Gasteiger partial charge on any atom is 0.341 e. The van der Waals surface area contributed by atoms with Crippen molar-refractivity contribution in [2.75, 3.05) is 38.1 Å². The first-order chi connectivity index (χ1) is 12.8. The van der Waals surface area contributed by atoms with Crippen LogP contribution in [0.4, 0.5) is 18.9 Å². The number of hydrogen-bond donors (Lipinski definition) is 1. The van der Waals surface area contributed by atoms with Crippen molar-refractivity contribution < 1.29 is 23.1 Å². The van der Waals surface area contributed by atoms with Gasteiger partial charge in [0.05, 0.1) is 16.9 Å². The van der Waals surface area contributed by atoms with Crippen LogP contribution in [0.3, 0.4) is 0 Å². The molecule has 1 N–H and O–H groups in total. The summed E-state index contributed by atoms with van der Waals surface area (Å²) in [5, 5.41) is 8.84. The molecule has 2 aliphatic rings. The molecule has 2 atom stereocenters. The van der Waals surface area contributed by atoms with E-state index in [-0.39, 0.29) is 23.0 Å². The third kappa shape index (κ3) is 2.86. The molecule has 27 heavy (non-hydrogen) atoms. The average Bonchev–Trinajstić information content (AvgIpc) is 3.33. The standard InChI is InChI=1S/C18H18F3N3O3/c1-22-2-4-23(5-3-22)16-12(20)6-9-15(14(16)21)24(13-7-11(13)19)8-10(17(9)25)18(26)27/h6,8,11,13H,2-5,7H2,1H3,(H,26,27)/t11-,13+/m0/s1. The Labute approximate surface area is 152 Å². The molecule has 6 nitrogen and oxygen atoms in total. The molecule has 1 aliphatic heterocycles. The van der Waals surface area contributed by atoms with Crippen molar-refractivity contribution >= 4 is 22.6 Å². The lowest BCUT2D eigenvalue weighted by molar-refractivity contribution is 0.0694. The Kier molecular flexibility index (Phi) is 4.14. The maximum atomic E-state index is 15.4. The minimum absolute atomic E-state index is 0.0949.